The van der Waals surface area contributed by atoms with Gasteiger partial charge in [-0.2, -0.15) is 0 Å². The molecule has 0 saturated heterocycles. The molecular weight excluding hydrogens is 262 g/mol. The lowest BCUT2D eigenvalue weighted by molar-refractivity contribution is -0.140. The SMILES string of the molecule is CCCCCCOC(=O)CSc1n[nH]c(C(C)C)n1. The maximum atomic E-state index is 11.5. The van der Waals surface area contributed by atoms with E-state index < -0.39 is 0 Å². The van der Waals surface area contributed by atoms with Crippen molar-refractivity contribution in [2.45, 2.75) is 57.5 Å². The van der Waals surface area contributed by atoms with E-state index in [1.54, 1.807) is 0 Å². The van der Waals surface area contributed by atoms with Gasteiger partial charge in [0.15, 0.2) is 0 Å². The fraction of sp³-hybridized carbons (Fsp3) is 0.769. The predicted molar refractivity (Wildman–Crippen MR) is 76.3 cm³/mol. The largest absolute Gasteiger partial charge is 0.465 e. The number of H-pyrrole nitrogens is 1. The molecular formula is C13H23N3O2S. The molecule has 1 heterocycles. The number of esters is 1. The molecule has 19 heavy (non-hydrogen) atoms. The molecule has 1 N–H and O–H groups in total. The van der Waals surface area contributed by atoms with Gasteiger partial charge in [0.2, 0.25) is 5.16 Å². The fourth-order valence-corrected chi connectivity index (χ4v) is 2.06. The lowest BCUT2D eigenvalue weighted by Crippen LogP contribution is -2.08. The highest BCUT2D eigenvalue weighted by Gasteiger charge is 2.10. The summed E-state index contributed by atoms with van der Waals surface area (Å²) in [6, 6.07) is 0. The predicted octanol–water partition coefficient (Wildman–Crippen LogP) is 3.14. The van der Waals surface area contributed by atoms with Gasteiger partial charge in [-0.3, -0.25) is 9.89 Å². The molecule has 0 atom stereocenters. The molecule has 0 aliphatic rings. The Morgan fingerprint density at radius 2 is 2.16 bits per heavy atom. The fourth-order valence-electron chi connectivity index (χ4n) is 1.46. The van der Waals surface area contributed by atoms with Gasteiger partial charge in [0.1, 0.15) is 5.82 Å². The van der Waals surface area contributed by atoms with E-state index in [0.29, 0.717) is 17.7 Å². The summed E-state index contributed by atoms with van der Waals surface area (Å²) in [5, 5.41) is 7.51. The Morgan fingerprint density at radius 3 is 2.79 bits per heavy atom. The molecule has 0 saturated carbocycles. The summed E-state index contributed by atoms with van der Waals surface area (Å²) in [5.41, 5.74) is 0. The third kappa shape index (κ3) is 6.61. The number of hydrogen-bond donors (Lipinski definition) is 1. The second-order valence-electron chi connectivity index (χ2n) is 4.73. The van der Waals surface area contributed by atoms with Crippen LogP contribution >= 0.6 is 11.8 Å². The van der Waals surface area contributed by atoms with Gasteiger partial charge in [0.05, 0.1) is 12.4 Å². The van der Waals surface area contributed by atoms with Crippen LogP contribution in [0.3, 0.4) is 0 Å². The summed E-state index contributed by atoms with van der Waals surface area (Å²) in [5.74, 6) is 1.23. The summed E-state index contributed by atoms with van der Waals surface area (Å²) in [6.07, 6.45) is 4.45. The summed E-state index contributed by atoms with van der Waals surface area (Å²) >= 11 is 1.31. The highest BCUT2D eigenvalue weighted by Crippen LogP contribution is 2.16. The zero-order valence-electron chi connectivity index (χ0n) is 11.9. The van der Waals surface area contributed by atoms with Crippen LogP contribution in [0, 0.1) is 0 Å². The van der Waals surface area contributed by atoms with E-state index in [-0.39, 0.29) is 11.7 Å². The topological polar surface area (TPSA) is 67.9 Å². The average molecular weight is 285 g/mol. The zero-order chi connectivity index (χ0) is 14.1. The number of carbonyl (C=O) groups is 1. The molecule has 0 radical (unpaired) electrons. The number of carbonyl (C=O) groups excluding carboxylic acids is 1. The van der Waals surface area contributed by atoms with Gasteiger partial charge < -0.3 is 4.74 Å². The van der Waals surface area contributed by atoms with Crippen molar-refractivity contribution in [3.8, 4) is 0 Å². The van der Waals surface area contributed by atoms with E-state index in [4.69, 9.17) is 4.74 Å². The second kappa shape index (κ2) is 8.96. The first-order valence-electron chi connectivity index (χ1n) is 6.84. The third-order valence-electron chi connectivity index (χ3n) is 2.61. The quantitative estimate of drug-likeness (QED) is 0.429. The van der Waals surface area contributed by atoms with Crippen LogP contribution in [0.5, 0.6) is 0 Å². The average Bonchev–Trinajstić information content (AvgIpc) is 2.85. The van der Waals surface area contributed by atoms with E-state index in [9.17, 15) is 4.79 Å². The maximum absolute atomic E-state index is 11.5. The van der Waals surface area contributed by atoms with Crippen LogP contribution in [0.1, 0.15) is 58.2 Å². The summed E-state index contributed by atoms with van der Waals surface area (Å²) in [4.78, 5) is 15.8. The standard InChI is InChI=1S/C13H23N3O2S/c1-4-5-6-7-8-18-11(17)9-19-13-14-12(10(2)3)15-16-13/h10H,4-9H2,1-3H3,(H,14,15,16). The van der Waals surface area contributed by atoms with E-state index in [1.807, 2.05) is 13.8 Å². The van der Waals surface area contributed by atoms with Crippen LogP contribution < -0.4 is 0 Å². The Labute approximate surface area is 118 Å². The second-order valence-corrected chi connectivity index (χ2v) is 5.67. The summed E-state index contributed by atoms with van der Waals surface area (Å²) in [7, 11) is 0. The van der Waals surface area contributed by atoms with E-state index in [2.05, 4.69) is 22.1 Å². The van der Waals surface area contributed by atoms with Crippen molar-refractivity contribution >= 4 is 17.7 Å². The minimum Gasteiger partial charge on any atom is -0.465 e. The number of rotatable bonds is 9. The van der Waals surface area contributed by atoms with Gasteiger partial charge in [-0.25, -0.2) is 4.98 Å². The number of nitrogens with zero attached hydrogens (tertiary/aromatic N) is 2. The Morgan fingerprint density at radius 1 is 1.37 bits per heavy atom. The lowest BCUT2D eigenvalue weighted by Gasteiger charge is -2.03. The Balaban J connectivity index is 2.15. The van der Waals surface area contributed by atoms with Crippen LogP contribution in [0.25, 0.3) is 0 Å². The number of aromatic amines is 1. The Kier molecular flexibility index (Phi) is 7.55. The molecule has 0 aliphatic carbocycles. The number of hydrogen-bond acceptors (Lipinski definition) is 5. The molecule has 1 aromatic heterocycles. The minimum atomic E-state index is -0.197. The highest BCUT2D eigenvalue weighted by molar-refractivity contribution is 7.99. The van der Waals surface area contributed by atoms with Crippen LogP contribution in [0.15, 0.2) is 5.16 Å². The molecule has 6 heteroatoms. The van der Waals surface area contributed by atoms with Gasteiger partial charge in [-0.1, -0.05) is 51.8 Å². The van der Waals surface area contributed by atoms with Crippen LogP contribution in [-0.4, -0.2) is 33.5 Å². The third-order valence-corrected chi connectivity index (χ3v) is 3.43. The molecule has 108 valence electrons. The zero-order valence-corrected chi connectivity index (χ0v) is 12.8. The summed E-state index contributed by atoms with van der Waals surface area (Å²) in [6.45, 7) is 6.76. The summed E-state index contributed by atoms with van der Waals surface area (Å²) < 4.78 is 5.14. The minimum absolute atomic E-state index is 0.197. The molecule has 0 fully saturated rings. The first kappa shape index (κ1) is 16.0. The Hall–Kier alpha value is -1.04. The molecule has 0 aromatic carbocycles. The van der Waals surface area contributed by atoms with Crippen molar-refractivity contribution in [3.63, 3.8) is 0 Å². The molecule has 5 nitrogen and oxygen atoms in total. The van der Waals surface area contributed by atoms with E-state index in [1.165, 1.54) is 24.6 Å². The number of thioether (sulfide) groups is 1. The van der Waals surface area contributed by atoms with E-state index in [0.717, 1.165) is 18.7 Å². The van der Waals surface area contributed by atoms with Gasteiger partial charge in [0.25, 0.3) is 0 Å². The number of nitrogens with one attached hydrogen (secondary N) is 1. The number of unbranched alkanes of at least 4 members (excludes halogenated alkanes) is 3. The first-order valence-corrected chi connectivity index (χ1v) is 7.82. The van der Waals surface area contributed by atoms with Gasteiger partial charge in [0, 0.05) is 5.92 Å². The molecule has 0 unspecified atom stereocenters. The number of aromatic nitrogens is 3. The number of ether oxygens (including phenoxy) is 1. The Bertz CT molecular complexity index is 380. The molecule has 0 bridgehead atoms. The van der Waals surface area contributed by atoms with Crippen molar-refractivity contribution < 1.29 is 9.53 Å². The first-order chi connectivity index (χ1) is 9.13. The van der Waals surface area contributed by atoms with Crippen molar-refractivity contribution in [3.05, 3.63) is 5.82 Å². The maximum Gasteiger partial charge on any atom is 0.316 e. The molecule has 0 amide bonds. The van der Waals surface area contributed by atoms with Crippen molar-refractivity contribution in [2.24, 2.45) is 0 Å². The molecule has 1 rings (SSSR count). The van der Waals surface area contributed by atoms with Gasteiger partial charge in [-0.15, -0.1) is 5.10 Å². The smallest absolute Gasteiger partial charge is 0.316 e. The monoisotopic (exact) mass is 285 g/mol. The lowest BCUT2D eigenvalue weighted by atomic mass is 10.2. The van der Waals surface area contributed by atoms with Crippen LogP contribution in [0.2, 0.25) is 0 Å². The van der Waals surface area contributed by atoms with E-state index >= 15 is 0 Å². The van der Waals surface area contributed by atoms with Crippen molar-refractivity contribution in [1.29, 1.82) is 0 Å². The van der Waals surface area contributed by atoms with Gasteiger partial charge >= 0.3 is 5.97 Å². The molecule has 1 aromatic rings. The van der Waals surface area contributed by atoms with Crippen LogP contribution in [0.4, 0.5) is 0 Å². The normalized spacial score (nSPS) is 10.9. The van der Waals surface area contributed by atoms with Gasteiger partial charge in [-0.05, 0) is 6.42 Å². The molecule has 0 spiro atoms. The van der Waals surface area contributed by atoms with Crippen molar-refractivity contribution in [1.82, 2.24) is 15.2 Å². The highest BCUT2D eigenvalue weighted by atomic mass is 32.2. The van der Waals surface area contributed by atoms with Crippen LogP contribution in [-0.2, 0) is 9.53 Å². The van der Waals surface area contributed by atoms with Crippen molar-refractivity contribution in [2.75, 3.05) is 12.4 Å². The molecule has 0 aliphatic heterocycles.